The van der Waals surface area contributed by atoms with Crippen LogP contribution < -0.4 is 11.1 Å². The molecule has 0 bridgehead atoms. The van der Waals surface area contributed by atoms with E-state index in [1.165, 1.54) is 29.8 Å². The van der Waals surface area contributed by atoms with Crippen LogP contribution in [-0.2, 0) is 12.8 Å². The number of fused-ring (bicyclic) bond motifs is 1. The monoisotopic (exact) mass is 380 g/mol. The molecule has 0 aliphatic heterocycles. The third-order valence-electron chi connectivity index (χ3n) is 5.96. The number of aryl methyl sites for hydroxylation is 1. The summed E-state index contributed by atoms with van der Waals surface area (Å²) in [6.07, 6.45) is 9.12. The predicted octanol–water partition coefficient (Wildman–Crippen LogP) is 3.51. The van der Waals surface area contributed by atoms with Crippen LogP contribution in [0, 0.1) is 5.92 Å². The highest BCUT2D eigenvalue weighted by atomic mass is 32.1. The number of nitrogen functional groups attached to an aromatic ring is 1. The number of hydrogen-bond donors (Lipinski definition) is 3. The van der Waals surface area contributed by atoms with Gasteiger partial charge < -0.3 is 21.1 Å². The Morgan fingerprint density at radius 3 is 2.77 bits per heavy atom. The van der Waals surface area contributed by atoms with E-state index in [9.17, 15) is 4.79 Å². The molecule has 0 aromatic carbocycles. The molecule has 0 radical (unpaired) electrons. The number of carboxylic acid groups (broad SMARTS) is 1. The number of rotatable bonds is 7. The van der Waals surface area contributed by atoms with E-state index in [2.05, 4.69) is 22.1 Å². The summed E-state index contributed by atoms with van der Waals surface area (Å²) in [4.78, 5) is 19.3. The smallest absolute Gasteiger partial charge is 0.404 e. The predicted molar refractivity (Wildman–Crippen MR) is 106 cm³/mol. The molecule has 1 atom stereocenters. The topological polar surface area (TPSA) is 91.5 Å². The lowest BCUT2D eigenvalue weighted by atomic mass is 9.84. The Morgan fingerprint density at radius 2 is 2.08 bits per heavy atom. The van der Waals surface area contributed by atoms with Gasteiger partial charge in [-0.05, 0) is 76.8 Å². The number of hydrogen-bond acceptors (Lipinski definition) is 5. The fraction of sp³-hybridized carbons (Fsp3) is 0.789. The second kappa shape index (κ2) is 9.04. The quantitative estimate of drug-likeness (QED) is 0.673. The van der Waals surface area contributed by atoms with Gasteiger partial charge in [0.05, 0.1) is 5.69 Å². The maximum Gasteiger partial charge on any atom is 0.404 e. The Kier molecular flexibility index (Phi) is 6.75. The molecule has 1 unspecified atom stereocenters. The Morgan fingerprint density at radius 1 is 1.31 bits per heavy atom. The zero-order valence-corrected chi connectivity index (χ0v) is 16.6. The van der Waals surface area contributed by atoms with Crippen LogP contribution in [0.2, 0.25) is 0 Å². The van der Waals surface area contributed by atoms with E-state index < -0.39 is 6.09 Å². The summed E-state index contributed by atoms with van der Waals surface area (Å²) in [5, 5.41) is 12.2. The van der Waals surface area contributed by atoms with Gasteiger partial charge in [0.2, 0.25) is 0 Å². The highest BCUT2D eigenvalue weighted by Gasteiger charge is 2.28. The van der Waals surface area contributed by atoms with Gasteiger partial charge in [-0.25, -0.2) is 9.78 Å². The summed E-state index contributed by atoms with van der Waals surface area (Å²) in [7, 11) is 0. The molecule has 2 aliphatic carbocycles. The van der Waals surface area contributed by atoms with Crippen molar-refractivity contribution >= 4 is 22.6 Å². The lowest BCUT2D eigenvalue weighted by molar-refractivity contribution is 0.154. The van der Waals surface area contributed by atoms with Crippen LogP contribution in [0.25, 0.3) is 0 Å². The minimum absolute atomic E-state index is 0.157. The second-order valence-corrected chi connectivity index (χ2v) is 8.93. The van der Waals surface area contributed by atoms with Gasteiger partial charge in [0.25, 0.3) is 0 Å². The van der Waals surface area contributed by atoms with Crippen LogP contribution in [0.3, 0.4) is 0 Å². The van der Waals surface area contributed by atoms with E-state index in [1.807, 2.05) is 0 Å². The summed E-state index contributed by atoms with van der Waals surface area (Å²) >= 11 is 1.67. The molecule has 1 saturated carbocycles. The lowest BCUT2D eigenvalue weighted by Gasteiger charge is -2.36. The number of anilines is 1. The highest BCUT2D eigenvalue weighted by Crippen LogP contribution is 2.32. The Balaban J connectivity index is 1.48. The van der Waals surface area contributed by atoms with Gasteiger partial charge in [-0.1, -0.05) is 6.92 Å². The van der Waals surface area contributed by atoms with Crippen molar-refractivity contribution in [3.8, 4) is 0 Å². The molecule has 26 heavy (non-hydrogen) atoms. The molecule has 0 spiro atoms. The molecule has 4 N–H and O–H groups in total. The molecular formula is C19H32N4O2S. The number of thiazole rings is 1. The highest BCUT2D eigenvalue weighted by molar-refractivity contribution is 7.15. The van der Waals surface area contributed by atoms with Crippen molar-refractivity contribution in [2.45, 2.75) is 76.8 Å². The Hall–Kier alpha value is -1.34. The first-order valence-corrected chi connectivity index (χ1v) is 10.8. The van der Waals surface area contributed by atoms with Gasteiger partial charge in [0, 0.05) is 17.0 Å². The first-order valence-electron chi connectivity index (χ1n) is 10.0. The first kappa shape index (κ1) is 19.4. The van der Waals surface area contributed by atoms with Gasteiger partial charge in [0.1, 0.15) is 0 Å². The van der Waals surface area contributed by atoms with Crippen molar-refractivity contribution in [2.75, 3.05) is 18.8 Å². The van der Waals surface area contributed by atoms with Crippen molar-refractivity contribution in [1.29, 1.82) is 0 Å². The van der Waals surface area contributed by atoms with Crippen molar-refractivity contribution in [3.05, 3.63) is 10.6 Å². The number of nitrogens with zero attached hydrogens (tertiary/aromatic N) is 2. The number of nitrogens with two attached hydrogens (primary N) is 1. The summed E-state index contributed by atoms with van der Waals surface area (Å²) in [6.45, 7) is 4.57. The number of nitrogens with one attached hydrogen (secondary N) is 1. The van der Waals surface area contributed by atoms with Gasteiger partial charge in [0.15, 0.2) is 5.13 Å². The number of amides is 1. The molecule has 1 aromatic heterocycles. The van der Waals surface area contributed by atoms with Crippen molar-refractivity contribution in [2.24, 2.45) is 5.92 Å². The van der Waals surface area contributed by atoms with Crippen LogP contribution >= 0.6 is 11.3 Å². The van der Waals surface area contributed by atoms with Gasteiger partial charge >= 0.3 is 6.09 Å². The van der Waals surface area contributed by atoms with E-state index >= 15 is 0 Å². The SMILES string of the molecule is CCCN(CCC1CCC(NC(=O)O)CC1)C1CCc2nc(N)sc2C1. The van der Waals surface area contributed by atoms with Crippen LogP contribution in [0.5, 0.6) is 0 Å². The molecule has 0 saturated heterocycles. The molecule has 1 aromatic rings. The van der Waals surface area contributed by atoms with Crippen molar-refractivity contribution in [3.63, 3.8) is 0 Å². The number of aromatic nitrogens is 1. The lowest BCUT2D eigenvalue weighted by Crippen LogP contribution is -2.41. The molecule has 2 aliphatic rings. The molecule has 1 amide bonds. The fourth-order valence-corrected chi connectivity index (χ4v) is 5.52. The second-order valence-electron chi connectivity index (χ2n) is 7.81. The van der Waals surface area contributed by atoms with E-state index in [1.54, 1.807) is 11.3 Å². The molecule has 1 fully saturated rings. The zero-order valence-electron chi connectivity index (χ0n) is 15.7. The van der Waals surface area contributed by atoms with Crippen LogP contribution in [0.15, 0.2) is 0 Å². The minimum Gasteiger partial charge on any atom is -0.465 e. The zero-order chi connectivity index (χ0) is 18.5. The van der Waals surface area contributed by atoms with E-state index in [0.717, 1.165) is 57.5 Å². The third-order valence-corrected chi connectivity index (χ3v) is 6.91. The van der Waals surface area contributed by atoms with Gasteiger partial charge in [-0.15, -0.1) is 11.3 Å². The molecule has 146 valence electrons. The average molecular weight is 381 g/mol. The van der Waals surface area contributed by atoms with Crippen LogP contribution in [0.1, 0.15) is 62.4 Å². The summed E-state index contributed by atoms with van der Waals surface area (Å²) < 4.78 is 0. The summed E-state index contributed by atoms with van der Waals surface area (Å²) in [6, 6.07) is 0.774. The molecule has 6 nitrogen and oxygen atoms in total. The van der Waals surface area contributed by atoms with Crippen LogP contribution in [0.4, 0.5) is 9.93 Å². The molecule has 1 heterocycles. The van der Waals surface area contributed by atoms with Gasteiger partial charge in [-0.3, -0.25) is 0 Å². The first-order chi connectivity index (χ1) is 12.5. The Labute approximate surface area is 160 Å². The normalized spacial score (nSPS) is 25.8. The standard InChI is InChI=1S/C19H32N4O2S/c1-2-10-23(15-7-8-16-17(12-15)26-18(20)22-16)11-9-13-3-5-14(6-4-13)21-19(24)25/h13-15,21H,2-12H2,1H3,(H2,20,22)(H,24,25). The fourth-order valence-electron chi connectivity index (χ4n) is 4.57. The average Bonchev–Trinajstić information content (AvgIpc) is 2.98. The van der Waals surface area contributed by atoms with E-state index in [4.69, 9.17) is 10.8 Å². The maximum absolute atomic E-state index is 10.8. The maximum atomic E-state index is 10.8. The number of carbonyl (C=O) groups is 1. The third kappa shape index (κ3) is 5.10. The molecular weight excluding hydrogens is 348 g/mol. The van der Waals surface area contributed by atoms with Crippen molar-refractivity contribution in [1.82, 2.24) is 15.2 Å². The summed E-state index contributed by atoms with van der Waals surface area (Å²) in [5.41, 5.74) is 7.11. The largest absolute Gasteiger partial charge is 0.465 e. The minimum atomic E-state index is -0.886. The van der Waals surface area contributed by atoms with Crippen LogP contribution in [-0.4, -0.2) is 46.3 Å². The van der Waals surface area contributed by atoms with Crippen molar-refractivity contribution < 1.29 is 9.90 Å². The van der Waals surface area contributed by atoms with E-state index in [0.29, 0.717) is 11.2 Å². The summed E-state index contributed by atoms with van der Waals surface area (Å²) in [5.74, 6) is 0.736. The van der Waals surface area contributed by atoms with Gasteiger partial charge in [-0.2, -0.15) is 0 Å². The molecule has 7 heteroatoms. The Bertz CT molecular complexity index is 598. The molecule has 3 rings (SSSR count). The van der Waals surface area contributed by atoms with E-state index in [-0.39, 0.29) is 6.04 Å².